The van der Waals surface area contributed by atoms with E-state index < -0.39 is 27.7 Å². The maximum Gasteiger partial charge on any atom is 0.243 e. The fourth-order valence-corrected chi connectivity index (χ4v) is 7.75. The number of nitrogens with one attached hydrogen (secondary N) is 1. The van der Waals surface area contributed by atoms with Crippen LogP contribution in [0.5, 0.6) is 0 Å². The van der Waals surface area contributed by atoms with Crippen molar-refractivity contribution in [1.82, 2.24) is 10.2 Å². The first-order valence-corrected chi connectivity index (χ1v) is 15.9. The molecule has 1 aliphatic rings. The van der Waals surface area contributed by atoms with Crippen LogP contribution in [0.1, 0.15) is 42.5 Å². The van der Waals surface area contributed by atoms with E-state index in [1.165, 1.54) is 4.90 Å². The van der Waals surface area contributed by atoms with Crippen LogP contribution in [0.15, 0.2) is 115 Å². The number of benzene rings is 4. The van der Waals surface area contributed by atoms with E-state index >= 15 is 0 Å². The quantitative estimate of drug-likeness (QED) is 0.195. The van der Waals surface area contributed by atoms with Crippen LogP contribution in [-0.4, -0.2) is 51.3 Å². The Balaban J connectivity index is 1.44. The molecular weight excluding hydrogens is 590 g/mol. The summed E-state index contributed by atoms with van der Waals surface area (Å²) in [6.07, 6.45) is -0.661. The van der Waals surface area contributed by atoms with Crippen molar-refractivity contribution in [2.45, 2.75) is 54.5 Å². The number of hydrogen-bond acceptors (Lipinski definition) is 5. The summed E-state index contributed by atoms with van der Waals surface area (Å²) in [5.41, 5.74) is 10.9. The Morgan fingerprint density at radius 1 is 0.886 bits per heavy atom. The van der Waals surface area contributed by atoms with Gasteiger partial charge in [0.15, 0.2) is 0 Å². The zero-order valence-electron chi connectivity index (χ0n) is 24.9. The van der Waals surface area contributed by atoms with Crippen molar-refractivity contribution in [2.75, 3.05) is 6.54 Å². The summed E-state index contributed by atoms with van der Waals surface area (Å²) in [4.78, 5) is 28.9. The summed E-state index contributed by atoms with van der Waals surface area (Å²) < 4.78 is -1.50. The summed E-state index contributed by atoms with van der Waals surface area (Å²) in [6.45, 7) is 4.29. The minimum atomic E-state index is -0.972. The first-order valence-electron chi connectivity index (χ1n) is 14.7. The van der Waals surface area contributed by atoms with Gasteiger partial charge >= 0.3 is 0 Å². The summed E-state index contributed by atoms with van der Waals surface area (Å²) >= 11 is 7.61. The molecule has 3 atom stereocenters. The van der Waals surface area contributed by atoms with Gasteiger partial charge in [0.2, 0.25) is 11.8 Å². The second kappa shape index (κ2) is 13.6. The van der Waals surface area contributed by atoms with Gasteiger partial charge in [0.25, 0.3) is 0 Å². The van der Waals surface area contributed by atoms with Crippen molar-refractivity contribution in [1.29, 1.82) is 0 Å². The lowest BCUT2D eigenvalue weighted by atomic mass is 9.84. The van der Waals surface area contributed by atoms with Crippen LogP contribution in [0, 0.1) is 0 Å². The zero-order valence-corrected chi connectivity index (χ0v) is 26.5. The molecule has 5 rings (SSSR count). The van der Waals surface area contributed by atoms with E-state index in [-0.39, 0.29) is 31.3 Å². The van der Waals surface area contributed by atoms with Gasteiger partial charge in [-0.3, -0.25) is 9.59 Å². The molecule has 1 aliphatic heterocycles. The number of likely N-dealkylation sites (tertiary alicyclic amines) is 1. The van der Waals surface area contributed by atoms with Crippen LogP contribution in [0.3, 0.4) is 0 Å². The van der Waals surface area contributed by atoms with Gasteiger partial charge in [-0.15, -0.1) is 11.8 Å². The topological polar surface area (TPSA) is 95.7 Å². The van der Waals surface area contributed by atoms with E-state index in [0.717, 1.165) is 22.3 Å². The number of β-amino-alcohol motifs (C(OH)–C–C–N with tert-alkyl or cyclic N) is 1. The van der Waals surface area contributed by atoms with Crippen molar-refractivity contribution >= 4 is 35.2 Å². The number of amides is 2. The highest BCUT2D eigenvalue weighted by Crippen LogP contribution is 2.54. The Hall–Kier alpha value is -3.62. The van der Waals surface area contributed by atoms with Crippen molar-refractivity contribution in [3.8, 4) is 0 Å². The second-order valence-corrected chi connectivity index (χ2v) is 14.0. The lowest BCUT2D eigenvalue weighted by Crippen LogP contribution is -2.57. The molecule has 228 valence electrons. The Morgan fingerprint density at radius 3 is 1.84 bits per heavy atom. The predicted octanol–water partition coefficient (Wildman–Crippen LogP) is 5.75. The minimum absolute atomic E-state index is 0.0491. The highest BCUT2D eigenvalue weighted by Gasteiger charge is 2.48. The molecule has 2 amide bonds. The lowest BCUT2D eigenvalue weighted by molar-refractivity contribution is -0.140. The molecule has 0 spiro atoms. The molecule has 1 saturated heterocycles. The second-order valence-electron chi connectivity index (χ2n) is 11.7. The fraction of sp³-hybridized carbons (Fsp3) is 0.278. The molecule has 44 heavy (non-hydrogen) atoms. The van der Waals surface area contributed by atoms with Crippen molar-refractivity contribution in [3.05, 3.63) is 143 Å². The van der Waals surface area contributed by atoms with Crippen LogP contribution in [0.25, 0.3) is 0 Å². The Labute approximate surface area is 268 Å². The fourth-order valence-electron chi connectivity index (χ4n) is 5.84. The molecule has 4 N–H and O–H groups in total. The molecule has 0 aromatic heterocycles. The predicted molar refractivity (Wildman–Crippen MR) is 178 cm³/mol. The number of aliphatic hydroxyl groups is 1. The van der Waals surface area contributed by atoms with Crippen LogP contribution in [0.2, 0.25) is 5.02 Å². The van der Waals surface area contributed by atoms with Crippen LogP contribution in [-0.2, 0) is 20.9 Å². The number of thioether (sulfide) groups is 1. The summed E-state index contributed by atoms with van der Waals surface area (Å²) in [5, 5.41) is 14.1. The number of rotatable bonds is 10. The number of hydrogen-bond donors (Lipinski definition) is 3. The normalized spacial score (nSPS) is 17.7. The molecule has 0 aliphatic carbocycles. The minimum Gasteiger partial charge on any atom is -0.391 e. The van der Waals surface area contributed by atoms with Gasteiger partial charge in [-0.25, -0.2) is 0 Å². The third kappa shape index (κ3) is 6.71. The van der Waals surface area contributed by atoms with E-state index in [1.54, 1.807) is 23.9 Å². The number of carbonyl (C=O) groups excluding carboxylic acids is 2. The van der Waals surface area contributed by atoms with E-state index in [0.29, 0.717) is 5.02 Å². The molecule has 0 bridgehead atoms. The van der Waals surface area contributed by atoms with Crippen molar-refractivity contribution in [2.24, 2.45) is 5.73 Å². The van der Waals surface area contributed by atoms with Gasteiger partial charge < -0.3 is 21.1 Å². The molecular formula is C36H38ClN3O3S. The third-order valence-corrected chi connectivity index (χ3v) is 10.3. The molecule has 0 radical (unpaired) electrons. The molecule has 0 saturated carbocycles. The number of nitrogens with two attached hydrogens (primary N) is 1. The summed E-state index contributed by atoms with van der Waals surface area (Å²) in [7, 11) is 0. The van der Waals surface area contributed by atoms with E-state index in [1.807, 2.05) is 80.6 Å². The van der Waals surface area contributed by atoms with E-state index in [2.05, 4.69) is 41.7 Å². The van der Waals surface area contributed by atoms with Crippen LogP contribution >= 0.6 is 23.4 Å². The van der Waals surface area contributed by atoms with Crippen molar-refractivity contribution < 1.29 is 14.7 Å². The van der Waals surface area contributed by atoms with Crippen LogP contribution in [0.4, 0.5) is 0 Å². The molecule has 4 aromatic carbocycles. The van der Waals surface area contributed by atoms with Gasteiger partial charge in [-0.2, -0.15) is 0 Å². The zero-order chi connectivity index (χ0) is 31.3. The molecule has 6 nitrogen and oxygen atoms in total. The third-order valence-electron chi connectivity index (χ3n) is 8.22. The molecule has 1 fully saturated rings. The standard InChI is InChI=1S/C36H38ClN3O3S/c1-35(2,32(38)34(43)40-24-30(41)22-31(40)33(42)39-23-25-18-20-29(37)21-19-25)44-36(26-12-6-3-7-13-26,27-14-8-4-9-15-27)28-16-10-5-11-17-28/h3-21,30-32,41H,22-24,38H2,1-2H3,(H,39,42)/t30-,31+,32-/m1/s1. The number of carbonyl (C=O) groups is 2. The largest absolute Gasteiger partial charge is 0.391 e. The first-order chi connectivity index (χ1) is 21.1. The Kier molecular flexibility index (Phi) is 9.81. The molecule has 1 heterocycles. The van der Waals surface area contributed by atoms with E-state index in [4.69, 9.17) is 17.3 Å². The van der Waals surface area contributed by atoms with Gasteiger partial charge in [0.05, 0.1) is 16.9 Å². The Bertz CT molecular complexity index is 1460. The lowest BCUT2D eigenvalue weighted by Gasteiger charge is -2.44. The maximum absolute atomic E-state index is 14.1. The maximum atomic E-state index is 14.1. The highest BCUT2D eigenvalue weighted by atomic mass is 35.5. The smallest absolute Gasteiger partial charge is 0.243 e. The summed E-state index contributed by atoms with van der Waals surface area (Å²) in [6, 6.07) is 36.1. The van der Waals surface area contributed by atoms with Crippen LogP contribution < -0.4 is 11.1 Å². The van der Waals surface area contributed by atoms with Gasteiger partial charge in [-0.05, 0) is 48.2 Å². The Morgan fingerprint density at radius 2 is 1.36 bits per heavy atom. The van der Waals surface area contributed by atoms with Gasteiger partial charge in [-0.1, -0.05) is 115 Å². The SMILES string of the molecule is CC(C)(SC(c1ccccc1)(c1ccccc1)c1ccccc1)[C@H](N)C(=O)N1C[C@H](O)C[C@H]1C(=O)NCc1ccc(Cl)cc1. The number of nitrogens with zero attached hydrogens (tertiary/aromatic N) is 1. The van der Waals surface area contributed by atoms with Crippen molar-refractivity contribution in [3.63, 3.8) is 0 Å². The average Bonchev–Trinajstić information content (AvgIpc) is 3.45. The molecule has 0 unspecified atom stereocenters. The van der Waals surface area contributed by atoms with Gasteiger partial charge in [0.1, 0.15) is 6.04 Å². The molecule has 8 heteroatoms. The number of halogens is 1. The first kappa shape index (κ1) is 31.8. The average molecular weight is 628 g/mol. The highest BCUT2D eigenvalue weighted by molar-refractivity contribution is 8.02. The van der Waals surface area contributed by atoms with E-state index in [9.17, 15) is 14.7 Å². The summed E-state index contributed by atoms with van der Waals surface area (Å²) in [5.74, 6) is -0.691. The monoisotopic (exact) mass is 627 g/mol. The molecule has 4 aromatic rings. The van der Waals surface area contributed by atoms with Gasteiger partial charge in [0, 0.05) is 29.3 Å². The number of aliphatic hydroxyl groups excluding tert-OH is 1.